The first-order chi connectivity index (χ1) is 9.22. The molecule has 2 aromatic rings. The van der Waals surface area contributed by atoms with Crippen molar-refractivity contribution in [1.82, 2.24) is 5.32 Å². The van der Waals surface area contributed by atoms with E-state index < -0.39 is 0 Å². The molecule has 0 saturated heterocycles. The predicted octanol–water partition coefficient (Wildman–Crippen LogP) is 2.30. The van der Waals surface area contributed by atoms with E-state index in [1.807, 2.05) is 24.3 Å². The van der Waals surface area contributed by atoms with Crippen molar-refractivity contribution in [1.29, 1.82) is 0 Å². The first kappa shape index (κ1) is 13.1. The van der Waals surface area contributed by atoms with Gasteiger partial charge >= 0.3 is 0 Å². The maximum Gasteiger partial charge on any atom is 0.251 e. The van der Waals surface area contributed by atoms with Crippen molar-refractivity contribution in [2.24, 2.45) is 5.73 Å². The third-order valence-corrected chi connectivity index (χ3v) is 2.74. The Kier molecular flexibility index (Phi) is 4.15. The molecule has 4 nitrogen and oxygen atoms in total. The Balaban J connectivity index is 2.08. The van der Waals surface area contributed by atoms with Gasteiger partial charge in [-0.05, 0) is 42.0 Å². The summed E-state index contributed by atoms with van der Waals surface area (Å²) in [5, 5.41) is 2.57. The molecule has 98 valence electrons. The molecular weight excluding hydrogens is 240 g/mol. The number of nitrogens with two attached hydrogens (primary N) is 1. The van der Waals surface area contributed by atoms with Gasteiger partial charge in [0.1, 0.15) is 11.5 Å². The van der Waals surface area contributed by atoms with Gasteiger partial charge in [0.25, 0.3) is 5.91 Å². The largest absolute Gasteiger partial charge is 0.457 e. The molecule has 0 spiro atoms. The fraction of sp³-hybridized carbons (Fsp3) is 0.133. The van der Waals surface area contributed by atoms with E-state index in [-0.39, 0.29) is 5.91 Å². The van der Waals surface area contributed by atoms with Crippen molar-refractivity contribution in [2.75, 3.05) is 7.05 Å². The van der Waals surface area contributed by atoms with E-state index in [1.54, 1.807) is 31.3 Å². The van der Waals surface area contributed by atoms with Gasteiger partial charge in [-0.25, -0.2) is 0 Å². The Morgan fingerprint density at radius 2 is 1.58 bits per heavy atom. The molecule has 0 aliphatic carbocycles. The highest BCUT2D eigenvalue weighted by Gasteiger charge is 2.03. The van der Waals surface area contributed by atoms with Gasteiger partial charge in [-0.2, -0.15) is 0 Å². The van der Waals surface area contributed by atoms with E-state index in [4.69, 9.17) is 10.5 Å². The Bertz CT molecular complexity index is 547. The van der Waals surface area contributed by atoms with E-state index in [0.29, 0.717) is 17.9 Å². The van der Waals surface area contributed by atoms with Crippen LogP contribution in [0.3, 0.4) is 0 Å². The second-order valence-electron chi connectivity index (χ2n) is 4.05. The third-order valence-electron chi connectivity index (χ3n) is 2.74. The summed E-state index contributed by atoms with van der Waals surface area (Å²) in [4.78, 5) is 11.4. The van der Waals surface area contributed by atoms with Crippen LogP contribution in [0.5, 0.6) is 11.5 Å². The van der Waals surface area contributed by atoms with Crippen LogP contribution < -0.4 is 15.8 Å². The summed E-state index contributed by atoms with van der Waals surface area (Å²) in [6, 6.07) is 14.6. The van der Waals surface area contributed by atoms with E-state index >= 15 is 0 Å². The SMILES string of the molecule is CNC(=O)c1ccc(Oc2ccc(CN)cc2)cc1. The molecule has 0 heterocycles. The van der Waals surface area contributed by atoms with Gasteiger partial charge in [0.15, 0.2) is 0 Å². The normalized spacial score (nSPS) is 10.0. The van der Waals surface area contributed by atoms with Crippen LogP contribution in [0.4, 0.5) is 0 Å². The number of hydrogen-bond donors (Lipinski definition) is 2. The molecule has 19 heavy (non-hydrogen) atoms. The summed E-state index contributed by atoms with van der Waals surface area (Å²) < 4.78 is 5.67. The van der Waals surface area contributed by atoms with Crippen molar-refractivity contribution in [3.63, 3.8) is 0 Å². The number of rotatable bonds is 4. The van der Waals surface area contributed by atoms with Crippen LogP contribution in [0.2, 0.25) is 0 Å². The highest BCUT2D eigenvalue weighted by Crippen LogP contribution is 2.22. The van der Waals surface area contributed by atoms with Crippen LogP contribution in [0.1, 0.15) is 15.9 Å². The van der Waals surface area contributed by atoms with Gasteiger partial charge in [-0.1, -0.05) is 12.1 Å². The quantitative estimate of drug-likeness (QED) is 0.882. The Morgan fingerprint density at radius 1 is 1.05 bits per heavy atom. The highest BCUT2D eigenvalue weighted by atomic mass is 16.5. The zero-order valence-corrected chi connectivity index (χ0v) is 10.7. The van der Waals surface area contributed by atoms with Crippen LogP contribution in [0.25, 0.3) is 0 Å². The van der Waals surface area contributed by atoms with Crippen molar-refractivity contribution >= 4 is 5.91 Å². The summed E-state index contributed by atoms with van der Waals surface area (Å²) in [7, 11) is 1.60. The molecule has 0 aliphatic rings. The van der Waals surface area contributed by atoms with E-state index in [9.17, 15) is 4.79 Å². The minimum absolute atomic E-state index is 0.112. The molecule has 0 radical (unpaired) electrons. The Hall–Kier alpha value is -2.33. The lowest BCUT2D eigenvalue weighted by Crippen LogP contribution is -2.17. The van der Waals surface area contributed by atoms with Crippen LogP contribution >= 0.6 is 0 Å². The highest BCUT2D eigenvalue weighted by molar-refractivity contribution is 5.94. The lowest BCUT2D eigenvalue weighted by molar-refractivity contribution is 0.0963. The van der Waals surface area contributed by atoms with Gasteiger partial charge in [-0.3, -0.25) is 4.79 Å². The average molecular weight is 256 g/mol. The molecule has 0 unspecified atom stereocenters. The van der Waals surface area contributed by atoms with Gasteiger partial charge in [-0.15, -0.1) is 0 Å². The number of nitrogens with one attached hydrogen (secondary N) is 1. The van der Waals surface area contributed by atoms with Crippen molar-refractivity contribution in [3.05, 3.63) is 59.7 Å². The van der Waals surface area contributed by atoms with Crippen molar-refractivity contribution < 1.29 is 9.53 Å². The molecule has 1 amide bonds. The molecule has 4 heteroatoms. The summed E-state index contributed by atoms with van der Waals surface area (Å²) in [6.07, 6.45) is 0. The van der Waals surface area contributed by atoms with E-state index in [1.165, 1.54) is 0 Å². The molecule has 2 rings (SSSR count). The van der Waals surface area contributed by atoms with E-state index in [0.717, 1.165) is 11.3 Å². The number of amides is 1. The second kappa shape index (κ2) is 6.02. The first-order valence-corrected chi connectivity index (χ1v) is 6.02. The first-order valence-electron chi connectivity index (χ1n) is 6.02. The fourth-order valence-corrected chi connectivity index (χ4v) is 1.65. The lowest BCUT2D eigenvalue weighted by atomic mass is 10.2. The molecular formula is C15H16N2O2. The smallest absolute Gasteiger partial charge is 0.251 e. The lowest BCUT2D eigenvalue weighted by Gasteiger charge is -2.07. The topological polar surface area (TPSA) is 64.3 Å². The zero-order valence-electron chi connectivity index (χ0n) is 10.7. The minimum Gasteiger partial charge on any atom is -0.457 e. The van der Waals surface area contributed by atoms with Gasteiger partial charge in [0, 0.05) is 19.2 Å². The molecule has 0 fully saturated rings. The van der Waals surface area contributed by atoms with Crippen molar-refractivity contribution in [3.8, 4) is 11.5 Å². The average Bonchev–Trinajstić information content (AvgIpc) is 2.48. The Labute approximate surface area is 112 Å². The molecule has 0 bridgehead atoms. The third kappa shape index (κ3) is 3.33. The maximum atomic E-state index is 11.4. The standard InChI is InChI=1S/C15H16N2O2/c1-17-15(18)12-4-8-14(9-5-12)19-13-6-2-11(10-16)3-7-13/h2-9H,10,16H2,1H3,(H,17,18). The molecule has 3 N–H and O–H groups in total. The molecule has 0 atom stereocenters. The monoisotopic (exact) mass is 256 g/mol. The van der Waals surface area contributed by atoms with Gasteiger partial charge < -0.3 is 15.8 Å². The zero-order chi connectivity index (χ0) is 13.7. The van der Waals surface area contributed by atoms with E-state index in [2.05, 4.69) is 5.32 Å². The molecule has 2 aromatic carbocycles. The van der Waals surface area contributed by atoms with Crippen molar-refractivity contribution in [2.45, 2.75) is 6.54 Å². The summed E-state index contributed by atoms with van der Waals surface area (Å²) in [5.41, 5.74) is 7.19. The summed E-state index contributed by atoms with van der Waals surface area (Å²) in [6.45, 7) is 0.515. The number of carbonyl (C=O) groups excluding carboxylic acids is 1. The summed E-state index contributed by atoms with van der Waals surface area (Å²) in [5.74, 6) is 1.32. The fourth-order valence-electron chi connectivity index (χ4n) is 1.65. The maximum absolute atomic E-state index is 11.4. The molecule has 0 saturated carbocycles. The molecule has 0 aliphatic heterocycles. The second-order valence-corrected chi connectivity index (χ2v) is 4.05. The Morgan fingerprint density at radius 3 is 2.05 bits per heavy atom. The predicted molar refractivity (Wildman–Crippen MR) is 74.2 cm³/mol. The van der Waals surface area contributed by atoms with Gasteiger partial charge in [0.05, 0.1) is 0 Å². The van der Waals surface area contributed by atoms with Crippen LogP contribution in [0.15, 0.2) is 48.5 Å². The van der Waals surface area contributed by atoms with Crippen LogP contribution in [-0.2, 0) is 6.54 Å². The summed E-state index contributed by atoms with van der Waals surface area (Å²) >= 11 is 0. The number of hydrogen-bond acceptors (Lipinski definition) is 3. The number of ether oxygens (including phenoxy) is 1. The van der Waals surface area contributed by atoms with Crippen LogP contribution in [-0.4, -0.2) is 13.0 Å². The van der Waals surface area contributed by atoms with Gasteiger partial charge in [0.2, 0.25) is 0 Å². The van der Waals surface area contributed by atoms with Crippen LogP contribution in [0, 0.1) is 0 Å². The number of benzene rings is 2. The minimum atomic E-state index is -0.112. The molecule has 0 aromatic heterocycles. The number of carbonyl (C=O) groups is 1.